The summed E-state index contributed by atoms with van der Waals surface area (Å²) in [6, 6.07) is 9.18. The van der Waals surface area contributed by atoms with Gasteiger partial charge in [0, 0.05) is 24.2 Å². The fourth-order valence-corrected chi connectivity index (χ4v) is 8.32. The first-order valence-corrected chi connectivity index (χ1v) is 15.1. The van der Waals surface area contributed by atoms with Gasteiger partial charge in [0.15, 0.2) is 5.69 Å². The molecule has 3 heterocycles. The van der Waals surface area contributed by atoms with Crippen LogP contribution in [-0.4, -0.2) is 55.5 Å². The number of nitrogens with zero attached hydrogens (tertiary/aromatic N) is 4. The van der Waals surface area contributed by atoms with Gasteiger partial charge in [-0.2, -0.15) is 0 Å². The fraction of sp³-hybridized carbons (Fsp3) is 0.677. The molecule has 6 rings (SSSR count). The maximum absolute atomic E-state index is 14.0. The number of hydrogen-bond acceptors (Lipinski definition) is 6. The van der Waals surface area contributed by atoms with Crippen LogP contribution >= 0.6 is 0 Å². The zero-order valence-corrected chi connectivity index (χ0v) is 23.3. The number of aliphatic carboxylic acids is 1. The number of hydrogen-bond donors (Lipinski definition) is 1. The average molecular weight is 535 g/mol. The van der Waals surface area contributed by atoms with Crippen molar-refractivity contribution in [1.82, 2.24) is 14.5 Å². The summed E-state index contributed by atoms with van der Waals surface area (Å²) in [5.41, 5.74) is 0.402. The minimum atomic E-state index is -1.31. The second-order valence-electron chi connectivity index (χ2n) is 12.7. The Morgan fingerprint density at radius 2 is 1.59 bits per heavy atom. The van der Waals surface area contributed by atoms with Crippen molar-refractivity contribution < 1.29 is 14.7 Å². The SMILES string of the molecule is CC(C)ON=C(C(=O)O)c1nc2ccccc2n(C2C[C@H]3CCC[C@@H](C2)N3C2CC3CCCCC(C3)C2)c1=O. The van der Waals surface area contributed by atoms with Gasteiger partial charge in [-0.05, 0) is 82.8 Å². The highest BCUT2D eigenvalue weighted by Crippen LogP contribution is 2.47. The van der Waals surface area contributed by atoms with Crippen molar-refractivity contribution >= 4 is 22.7 Å². The lowest BCUT2D eigenvalue weighted by Gasteiger charge is -2.54. The van der Waals surface area contributed by atoms with Crippen LogP contribution in [0.25, 0.3) is 11.0 Å². The van der Waals surface area contributed by atoms with Crippen LogP contribution in [0.2, 0.25) is 0 Å². The molecule has 3 unspecified atom stereocenters. The van der Waals surface area contributed by atoms with Crippen LogP contribution in [0, 0.1) is 11.8 Å². The summed E-state index contributed by atoms with van der Waals surface area (Å²) in [5, 5.41) is 13.8. The number of carboxylic acid groups (broad SMARTS) is 1. The molecule has 2 saturated carbocycles. The molecule has 0 amide bonds. The van der Waals surface area contributed by atoms with Gasteiger partial charge in [-0.3, -0.25) is 9.69 Å². The Morgan fingerprint density at radius 1 is 0.923 bits per heavy atom. The molecule has 8 nitrogen and oxygen atoms in total. The van der Waals surface area contributed by atoms with Gasteiger partial charge in [-0.1, -0.05) is 49.4 Å². The Morgan fingerprint density at radius 3 is 2.23 bits per heavy atom. The fourth-order valence-electron chi connectivity index (χ4n) is 8.32. The van der Waals surface area contributed by atoms with Crippen LogP contribution in [0.15, 0.2) is 34.2 Å². The normalized spacial score (nSPS) is 31.7. The Balaban J connectivity index is 1.36. The number of piperidine rings is 2. The largest absolute Gasteiger partial charge is 0.476 e. The van der Waals surface area contributed by atoms with Gasteiger partial charge in [-0.15, -0.1) is 0 Å². The molecule has 1 aromatic carbocycles. The molecular weight excluding hydrogens is 492 g/mol. The Kier molecular flexibility index (Phi) is 7.49. The molecular formula is C31H42N4O4. The van der Waals surface area contributed by atoms with Gasteiger partial charge in [-0.25, -0.2) is 9.78 Å². The summed E-state index contributed by atoms with van der Waals surface area (Å²) in [7, 11) is 0. The first-order valence-electron chi connectivity index (χ1n) is 15.1. The molecule has 2 saturated heterocycles. The third-order valence-electron chi connectivity index (χ3n) is 9.72. The summed E-state index contributed by atoms with van der Waals surface area (Å²) in [4.78, 5) is 38.9. The summed E-state index contributed by atoms with van der Waals surface area (Å²) in [5.74, 6) is 0.448. The van der Waals surface area contributed by atoms with E-state index in [1.165, 1.54) is 64.2 Å². The predicted molar refractivity (Wildman–Crippen MR) is 151 cm³/mol. The third-order valence-corrected chi connectivity index (χ3v) is 9.72. The zero-order chi connectivity index (χ0) is 27.1. The standard InChI is InChI=1S/C31H42N4O4/c1-19(2)39-33-29(31(37)38)28-30(36)35(27-13-6-5-12-26(27)32-28)25-17-22-10-7-11-23(18-25)34(22)24-15-20-8-3-4-9-21(14-20)16-24/h5-6,12-13,19-25H,3-4,7-11,14-18H2,1-2H3,(H,37,38)/t20?,21?,22-,23+,24?,25?. The number of carbonyl (C=O) groups is 1. The Labute approximate surface area is 230 Å². The molecule has 210 valence electrons. The predicted octanol–water partition coefficient (Wildman–Crippen LogP) is 5.53. The molecule has 1 N–H and O–H groups in total. The monoisotopic (exact) mass is 534 g/mol. The van der Waals surface area contributed by atoms with Crippen LogP contribution in [0.3, 0.4) is 0 Å². The van der Waals surface area contributed by atoms with E-state index < -0.39 is 11.7 Å². The minimum Gasteiger partial charge on any atom is -0.476 e. The quantitative estimate of drug-likeness (QED) is 0.387. The van der Waals surface area contributed by atoms with Gasteiger partial charge in [0.1, 0.15) is 6.10 Å². The topological polar surface area (TPSA) is 97.0 Å². The summed E-state index contributed by atoms with van der Waals surface area (Å²) < 4.78 is 1.84. The molecule has 0 radical (unpaired) electrons. The van der Waals surface area contributed by atoms with E-state index in [0.717, 1.165) is 30.2 Å². The number of benzene rings is 1. The molecule has 1 aromatic heterocycles. The van der Waals surface area contributed by atoms with Crippen LogP contribution in [0.5, 0.6) is 0 Å². The molecule has 0 spiro atoms. The molecule has 5 atom stereocenters. The minimum absolute atomic E-state index is 0.00244. The molecule has 8 heteroatoms. The van der Waals surface area contributed by atoms with E-state index in [2.05, 4.69) is 15.0 Å². The van der Waals surface area contributed by atoms with E-state index in [0.29, 0.717) is 23.6 Å². The van der Waals surface area contributed by atoms with E-state index >= 15 is 0 Å². The van der Waals surface area contributed by atoms with Gasteiger partial charge in [0.2, 0.25) is 5.71 Å². The number of carboxylic acids is 1. The first kappa shape index (κ1) is 26.5. The zero-order valence-electron chi connectivity index (χ0n) is 23.3. The van der Waals surface area contributed by atoms with Crippen LogP contribution < -0.4 is 5.56 Å². The highest BCUT2D eigenvalue weighted by atomic mass is 16.6. The molecule has 2 aliphatic heterocycles. The number of oxime groups is 1. The number of fused-ring (bicyclic) bond motifs is 5. The molecule has 4 fully saturated rings. The van der Waals surface area contributed by atoms with Gasteiger partial charge < -0.3 is 14.5 Å². The van der Waals surface area contributed by atoms with E-state index in [1.807, 2.05) is 28.8 Å². The summed E-state index contributed by atoms with van der Waals surface area (Å²) >= 11 is 0. The van der Waals surface area contributed by atoms with Crippen molar-refractivity contribution in [3.8, 4) is 0 Å². The molecule has 2 aromatic rings. The Hall–Kier alpha value is -2.74. The lowest BCUT2D eigenvalue weighted by Crippen LogP contribution is -2.58. The van der Waals surface area contributed by atoms with Gasteiger partial charge in [0.05, 0.1) is 11.0 Å². The van der Waals surface area contributed by atoms with Crippen LogP contribution in [0.1, 0.15) is 103 Å². The average Bonchev–Trinajstić information content (AvgIpc) is 3.07. The van der Waals surface area contributed by atoms with Crippen molar-refractivity contribution in [3.63, 3.8) is 0 Å². The molecule has 4 aliphatic rings. The van der Waals surface area contributed by atoms with E-state index in [9.17, 15) is 14.7 Å². The summed E-state index contributed by atoms with van der Waals surface area (Å²) in [6.07, 6.45) is 14.8. The molecule has 4 bridgehead atoms. The number of rotatable bonds is 6. The first-order chi connectivity index (χ1) is 18.9. The van der Waals surface area contributed by atoms with Crippen molar-refractivity contribution in [2.24, 2.45) is 17.0 Å². The summed E-state index contributed by atoms with van der Waals surface area (Å²) in [6.45, 7) is 3.53. The van der Waals surface area contributed by atoms with Crippen LogP contribution in [0.4, 0.5) is 0 Å². The van der Waals surface area contributed by atoms with Crippen molar-refractivity contribution in [1.29, 1.82) is 0 Å². The molecule has 2 aliphatic carbocycles. The maximum Gasteiger partial charge on any atom is 0.360 e. The van der Waals surface area contributed by atoms with E-state index in [1.54, 1.807) is 13.8 Å². The second-order valence-corrected chi connectivity index (χ2v) is 12.7. The van der Waals surface area contributed by atoms with Gasteiger partial charge >= 0.3 is 5.97 Å². The molecule has 39 heavy (non-hydrogen) atoms. The highest BCUT2D eigenvalue weighted by Gasteiger charge is 2.45. The van der Waals surface area contributed by atoms with Crippen molar-refractivity contribution in [3.05, 3.63) is 40.3 Å². The highest BCUT2D eigenvalue weighted by molar-refractivity contribution is 6.41. The lowest BCUT2D eigenvalue weighted by molar-refractivity contribution is -0.129. The number of para-hydroxylation sites is 2. The van der Waals surface area contributed by atoms with Crippen molar-refractivity contribution in [2.45, 2.75) is 121 Å². The van der Waals surface area contributed by atoms with Crippen molar-refractivity contribution in [2.75, 3.05) is 0 Å². The third kappa shape index (κ3) is 5.24. The van der Waals surface area contributed by atoms with Crippen LogP contribution in [-0.2, 0) is 9.63 Å². The number of aromatic nitrogens is 2. The maximum atomic E-state index is 14.0. The van der Waals surface area contributed by atoms with Gasteiger partial charge in [0.25, 0.3) is 5.56 Å². The lowest BCUT2D eigenvalue weighted by atomic mass is 9.73. The van der Waals surface area contributed by atoms with E-state index in [-0.39, 0.29) is 23.4 Å². The van der Waals surface area contributed by atoms with E-state index in [4.69, 9.17) is 4.84 Å². The second kappa shape index (κ2) is 11.0. The smallest absolute Gasteiger partial charge is 0.360 e. The Bertz CT molecular complexity index is 1280.